The second-order valence-electron chi connectivity index (χ2n) is 4.60. The Hall–Kier alpha value is -2.47. The van der Waals surface area contributed by atoms with Gasteiger partial charge in [-0.15, -0.1) is 0 Å². The summed E-state index contributed by atoms with van der Waals surface area (Å²) < 4.78 is 14.3. The average Bonchev–Trinajstić information content (AvgIpc) is 2.82. The highest BCUT2D eigenvalue weighted by Gasteiger charge is 2.11. The minimum atomic E-state index is -0.349. The van der Waals surface area contributed by atoms with Crippen molar-refractivity contribution in [1.29, 1.82) is 0 Å². The lowest BCUT2D eigenvalue weighted by atomic mass is 10.1. The Labute approximate surface area is 124 Å². The molecule has 1 amide bonds. The Kier molecular flexibility index (Phi) is 3.31. The van der Waals surface area contributed by atoms with Crippen molar-refractivity contribution in [2.75, 3.05) is 11.1 Å². The molecule has 0 bridgehead atoms. The summed E-state index contributed by atoms with van der Waals surface area (Å²) in [4.78, 5) is 16.4. The van der Waals surface area contributed by atoms with Gasteiger partial charge in [0.1, 0.15) is 5.82 Å². The van der Waals surface area contributed by atoms with Crippen LogP contribution in [0.5, 0.6) is 0 Å². The maximum absolute atomic E-state index is 13.5. The molecule has 0 aliphatic heterocycles. The summed E-state index contributed by atoms with van der Waals surface area (Å²) >= 11 is 1.32. The highest BCUT2D eigenvalue weighted by molar-refractivity contribution is 7.22. The molecule has 0 saturated carbocycles. The molecule has 106 valence electrons. The summed E-state index contributed by atoms with van der Waals surface area (Å²) in [5.74, 6) is -0.643. The van der Waals surface area contributed by atoms with Crippen molar-refractivity contribution in [3.63, 3.8) is 0 Å². The van der Waals surface area contributed by atoms with Crippen molar-refractivity contribution in [2.24, 2.45) is 0 Å². The number of thiazole rings is 1. The Morgan fingerprint density at radius 2 is 2.14 bits per heavy atom. The minimum absolute atomic E-state index is 0.294. The van der Waals surface area contributed by atoms with E-state index in [4.69, 9.17) is 5.73 Å². The van der Waals surface area contributed by atoms with E-state index in [1.165, 1.54) is 17.4 Å². The van der Waals surface area contributed by atoms with Gasteiger partial charge in [-0.3, -0.25) is 4.79 Å². The molecule has 3 aromatic rings. The van der Waals surface area contributed by atoms with E-state index >= 15 is 0 Å². The molecule has 0 atom stereocenters. The van der Waals surface area contributed by atoms with Crippen LogP contribution in [0.2, 0.25) is 0 Å². The third kappa shape index (κ3) is 2.57. The van der Waals surface area contributed by atoms with E-state index in [2.05, 4.69) is 10.3 Å². The number of hydrogen-bond acceptors (Lipinski definition) is 4. The zero-order chi connectivity index (χ0) is 15.0. The molecular formula is C15H12FN3OS. The number of anilines is 2. The van der Waals surface area contributed by atoms with Crippen LogP contribution in [0.4, 0.5) is 15.2 Å². The van der Waals surface area contributed by atoms with Gasteiger partial charge in [-0.1, -0.05) is 17.4 Å². The van der Waals surface area contributed by atoms with Crippen LogP contribution >= 0.6 is 11.3 Å². The molecule has 2 aromatic carbocycles. The van der Waals surface area contributed by atoms with Gasteiger partial charge < -0.3 is 11.1 Å². The average molecular weight is 301 g/mol. The molecule has 4 nitrogen and oxygen atoms in total. The summed E-state index contributed by atoms with van der Waals surface area (Å²) in [6.45, 7) is 1.62. The fourth-order valence-corrected chi connectivity index (χ4v) is 2.79. The zero-order valence-corrected chi connectivity index (χ0v) is 12.0. The van der Waals surface area contributed by atoms with Crippen LogP contribution in [-0.4, -0.2) is 10.9 Å². The van der Waals surface area contributed by atoms with E-state index in [9.17, 15) is 9.18 Å². The fourth-order valence-electron chi connectivity index (χ4n) is 2.02. The van der Waals surface area contributed by atoms with Crippen LogP contribution in [0.25, 0.3) is 10.2 Å². The first-order chi connectivity index (χ1) is 10.0. The molecule has 3 N–H and O–H groups in total. The van der Waals surface area contributed by atoms with Crippen LogP contribution in [0.1, 0.15) is 15.9 Å². The predicted octanol–water partition coefficient (Wildman–Crippen LogP) is 3.58. The zero-order valence-electron chi connectivity index (χ0n) is 11.2. The van der Waals surface area contributed by atoms with Gasteiger partial charge in [-0.2, -0.15) is 0 Å². The van der Waals surface area contributed by atoms with Gasteiger partial charge >= 0.3 is 0 Å². The standard InChI is InChI=1S/C15H12FN3OS/c1-8-10(16)3-2-4-11(8)18-14(20)9-5-6-12-13(7-9)21-15(17)19-12/h2-7H,1H3,(H2,17,19)(H,18,20). The van der Waals surface area contributed by atoms with Crippen molar-refractivity contribution >= 4 is 38.3 Å². The Morgan fingerprint density at radius 3 is 2.95 bits per heavy atom. The molecule has 1 aromatic heterocycles. The lowest BCUT2D eigenvalue weighted by molar-refractivity contribution is 0.102. The molecule has 0 radical (unpaired) electrons. The quantitative estimate of drug-likeness (QED) is 0.760. The largest absolute Gasteiger partial charge is 0.375 e. The number of halogens is 1. The van der Waals surface area contributed by atoms with Crippen LogP contribution in [0.15, 0.2) is 36.4 Å². The third-order valence-electron chi connectivity index (χ3n) is 3.18. The van der Waals surface area contributed by atoms with E-state index in [-0.39, 0.29) is 11.7 Å². The molecule has 21 heavy (non-hydrogen) atoms. The SMILES string of the molecule is Cc1c(F)cccc1NC(=O)c1ccc2nc(N)sc2c1. The van der Waals surface area contributed by atoms with E-state index < -0.39 is 0 Å². The highest BCUT2D eigenvalue weighted by Crippen LogP contribution is 2.25. The van der Waals surface area contributed by atoms with E-state index in [1.807, 2.05) is 0 Å². The monoisotopic (exact) mass is 301 g/mol. The predicted molar refractivity (Wildman–Crippen MR) is 83.1 cm³/mol. The van der Waals surface area contributed by atoms with Crippen molar-refractivity contribution in [3.05, 3.63) is 53.3 Å². The number of fused-ring (bicyclic) bond motifs is 1. The second kappa shape index (κ2) is 5.14. The van der Waals surface area contributed by atoms with Gasteiger partial charge in [0.05, 0.1) is 10.2 Å². The summed E-state index contributed by atoms with van der Waals surface area (Å²) in [5.41, 5.74) is 7.76. The molecule has 1 heterocycles. The molecule has 6 heteroatoms. The molecule has 0 fully saturated rings. The van der Waals surface area contributed by atoms with E-state index in [1.54, 1.807) is 37.3 Å². The van der Waals surface area contributed by atoms with Gasteiger partial charge in [0.15, 0.2) is 5.13 Å². The lowest BCUT2D eigenvalue weighted by Gasteiger charge is -2.08. The molecule has 3 rings (SSSR count). The maximum Gasteiger partial charge on any atom is 0.255 e. The number of aromatic nitrogens is 1. The summed E-state index contributed by atoms with van der Waals surface area (Å²) in [6, 6.07) is 9.73. The van der Waals surface area contributed by atoms with Crippen molar-refractivity contribution in [3.8, 4) is 0 Å². The van der Waals surface area contributed by atoms with Gasteiger partial charge in [0.25, 0.3) is 5.91 Å². The maximum atomic E-state index is 13.5. The van der Waals surface area contributed by atoms with Crippen LogP contribution in [-0.2, 0) is 0 Å². The summed E-state index contributed by atoms with van der Waals surface area (Å²) in [6.07, 6.45) is 0. The molecule has 0 aliphatic carbocycles. The van der Waals surface area contributed by atoms with Crippen LogP contribution in [0.3, 0.4) is 0 Å². The van der Waals surface area contributed by atoms with Crippen molar-refractivity contribution < 1.29 is 9.18 Å². The van der Waals surface area contributed by atoms with Crippen molar-refractivity contribution in [2.45, 2.75) is 6.92 Å². The second-order valence-corrected chi connectivity index (χ2v) is 5.66. The van der Waals surface area contributed by atoms with Crippen LogP contribution in [0, 0.1) is 12.7 Å². The number of carbonyl (C=O) groups is 1. The Bertz CT molecular complexity index is 844. The first-order valence-electron chi connectivity index (χ1n) is 6.27. The third-order valence-corrected chi connectivity index (χ3v) is 4.03. The number of benzene rings is 2. The number of nitrogen functional groups attached to an aromatic ring is 1. The van der Waals surface area contributed by atoms with E-state index in [0.717, 1.165) is 10.2 Å². The van der Waals surface area contributed by atoms with Gasteiger partial charge in [-0.25, -0.2) is 9.37 Å². The van der Waals surface area contributed by atoms with E-state index in [0.29, 0.717) is 21.9 Å². The summed E-state index contributed by atoms with van der Waals surface area (Å²) in [5, 5.41) is 3.17. The Balaban J connectivity index is 1.91. The number of nitrogens with two attached hydrogens (primary N) is 1. The lowest BCUT2D eigenvalue weighted by Crippen LogP contribution is -2.13. The van der Waals surface area contributed by atoms with Crippen molar-refractivity contribution in [1.82, 2.24) is 4.98 Å². The first kappa shape index (κ1) is 13.5. The Morgan fingerprint density at radius 1 is 1.33 bits per heavy atom. The normalized spacial score (nSPS) is 10.8. The number of hydrogen-bond donors (Lipinski definition) is 2. The molecule has 0 spiro atoms. The fraction of sp³-hybridized carbons (Fsp3) is 0.0667. The van der Waals surface area contributed by atoms with Gasteiger partial charge in [-0.05, 0) is 37.3 Å². The molecule has 0 saturated heterocycles. The number of carbonyl (C=O) groups excluding carboxylic acids is 1. The van der Waals surface area contributed by atoms with Crippen LogP contribution < -0.4 is 11.1 Å². The smallest absolute Gasteiger partial charge is 0.255 e. The number of amides is 1. The number of nitrogens with zero attached hydrogens (tertiary/aromatic N) is 1. The molecular weight excluding hydrogens is 289 g/mol. The first-order valence-corrected chi connectivity index (χ1v) is 7.09. The highest BCUT2D eigenvalue weighted by atomic mass is 32.1. The number of nitrogens with one attached hydrogen (secondary N) is 1. The molecule has 0 aliphatic rings. The minimum Gasteiger partial charge on any atom is -0.375 e. The summed E-state index contributed by atoms with van der Waals surface area (Å²) in [7, 11) is 0. The van der Waals surface area contributed by atoms with Gasteiger partial charge in [0, 0.05) is 16.8 Å². The topological polar surface area (TPSA) is 68.0 Å². The molecule has 0 unspecified atom stereocenters. The van der Waals surface area contributed by atoms with Gasteiger partial charge in [0.2, 0.25) is 0 Å². The number of rotatable bonds is 2.